The van der Waals surface area contributed by atoms with Crippen molar-refractivity contribution in [1.29, 1.82) is 0 Å². The Morgan fingerprint density at radius 3 is 1.91 bits per heavy atom. The van der Waals surface area contributed by atoms with Gasteiger partial charge >= 0.3 is 11.9 Å². The third-order valence-corrected chi connectivity index (χ3v) is 6.51. The SMILES string of the molecule is O=C(OC[C@H]1SC(O)[C@H](OCc2ccccc2)[C@H]1OC(=O)c1ccccc1)c1ccccc1. The standard InChI is InChI=1S/C26H24O6S/c27-24(19-12-6-2-7-13-19)31-17-21-22(32-25(28)20-14-8-3-9-15-20)23(26(29)33-21)30-16-18-10-4-1-5-11-18/h1-15,21-23,26,29H,16-17H2/t21-,22+,23-,26?/m1/s1. The lowest BCUT2D eigenvalue weighted by molar-refractivity contribution is -0.0821. The second kappa shape index (κ2) is 11.1. The zero-order chi connectivity index (χ0) is 23.0. The normalized spacial score (nSPS) is 22.0. The van der Waals surface area contributed by atoms with E-state index in [2.05, 4.69) is 0 Å². The van der Waals surface area contributed by atoms with E-state index in [1.807, 2.05) is 42.5 Å². The number of esters is 2. The monoisotopic (exact) mass is 464 g/mol. The Bertz CT molecular complexity index is 1040. The molecule has 3 aromatic rings. The summed E-state index contributed by atoms with van der Waals surface area (Å²) < 4.78 is 17.2. The minimum absolute atomic E-state index is 0.0343. The van der Waals surface area contributed by atoms with Crippen LogP contribution in [0.2, 0.25) is 0 Å². The fraction of sp³-hybridized carbons (Fsp3) is 0.231. The molecule has 6 nitrogen and oxygen atoms in total. The van der Waals surface area contributed by atoms with Crippen molar-refractivity contribution in [2.24, 2.45) is 0 Å². The van der Waals surface area contributed by atoms with Crippen LogP contribution in [0.3, 0.4) is 0 Å². The van der Waals surface area contributed by atoms with Gasteiger partial charge in [0.15, 0.2) is 0 Å². The fourth-order valence-corrected chi connectivity index (χ4v) is 4.77. The van der Waals surface area contributed by atoms with Crippen LogP contribution in [0.15, 0.2) is 91.0 Å². The quantitative estimate of drug-likeness (QED) is 0.503. The summed E-state index contributed by atoms with van der Waals surface area (Å²) in [7, 11) is 0. The van der Waals surface area contributed by atoms with Crippen LogP contribution < -0.4 is 0 Å². The second-order valence-electron chi connectivity index (χ2n) is 7.53. The van der Waals surface area contributed by atoms with Crippen molar-refractivity contribution in [2.45, 2.75) is 29.5 Å². The summed E-state index contributed by atoms with van der Waals surface area (Å²) in [5, 5.41) is 10.2. The van der Waals surface area contributed by atoms with E-state index in [4.69, 9.17) is 14.2 Å². The number of thioether (sulfide) groups is 1. The molecule has 0 bridgehead atoms. The predicted octanol–water partition coefficient (Wildman–Crippen LogP) is 4.09. The molecule has 1 N–H and O–H groups in total. The van der Waals surface area contributed by atoms with Crippen molar-refractivity contribution in [1.82, 2.24) is 0 Å². The molecule has 1 unspecified atom stereocenters. The predicted molar refractivity (Wildman–Crippen MR) is 125 cm³/mol. The first-order valence-corrected chi connectivity index (χ1v) is 11.5. The molecule has 0 saturated carbocycles. The summed E-state index contributed by atoms with van der Waals surface area (Å²) in [5.74, 6) is -1.00. The topological polar surface area (TPSA) is 82.1 Å². The zero-order valence-electron chi connectivity index (χ0n) is 17.8. The van der Waals surface area contributed by atoms with Gasteiger partial charge in [-0.15, -0.1) is 11.8 Å². The van der Waals surface area contributed by atoms with Crippen LogP contribution in [0, 0.1) is 0 Å². The molecule has 170 valence electrons. The van der Waals surface area contributed by atoms with Crippen LogP contribution in [0.25, 0.3) is 0 Å². The molecule has 4 rings (SSSR count). The van der Waals surface area contributed by atoms with Gasteiger partial charge in [-0.1, -0.05) is 66.7 Å². The Labute approximate surface area is 196 Å². The Hall–Kier alpha value is -3.13. The molecule has 0 spiro atoms. The van der Waals surface area contributed by atoms with Gasteiger partial charge in [0.2, 0.25) is 0 Å². The average molecular weight is 465 g/mol. The van der Waals surface area contributed by atoms with Crippen molar-refractivity contribution < 1.29 is 28.9 Å². The lowest BCUT2D eigenvalue weighted by Gasteiger charge is -2.25. The van der Waals surface area contributed by atoms with Crippen LogP contribution in [0.5, 0.6) is 0 Å². The molecule has 0 aromatic heterocycles. The fourth-order valence-electron chi connectivity index (χ4n) is 3.51. The molecule has 1 fully saturated rings. The number of aliphatic hydroxyl groups excluding tert-OH is 1. The Balaban J connectivity index is 1.47. The molecular formula is C26H24O6S. The van der Waals surface area contributed by atoms with Crippen molar-refractivity contribution in [3.05, 3.63) is 108 Å². The smallest absolute Gasteiger partial charge is 0.338 e. The summed E-state index contributed by atoms with van der Waals surface area (Å²) >= 11 is 1.17. The first-order chi connectivity index (χ1) is 16.1. The molecule has 7 heteroatoms. The highest BCUT2D eigenvalue weighted by molar-refractivity contribution is 8.00. The average Bonchev–Trinajstić information content (AvgIpc) is 3.16. The summed E-state index contributed by atoms with van der Waals surface area (Å²) in [6.07, 6.45) is -1.58. The Morgan fingerprint density at radius 2 is 1.30 bits per heavy atom. The van der Waals surface area contributed by atoms with E-state index in [0.29, 0.717) is 11.1 Å². The van der Waals surface area contributed by atoms with E-state index in [0.717, 1.165) is 5.56 Å². The van der Waals surface area contributed by atoms with Gasteiger partial charge in [-0.3, -0.25) is 0 Å². The molecule has 4 atom stereocenters. The lowest BCUT2D eigenvalue weighted by Crippen LogP contribution is -2.40. The molecule has 1 saturated heterocycles. The van der Waals surface area contributed by atoms with Gasteiger partial charge in [0.1, 0.15) is 24.3 Å². The van der Waals surface area contributed by atoms with E-state index < -0.39 is 34.8 Å². The number of hydrogen-bond donors (Lipinski definition) is 1. The molecule has 1 heterocycles. The summed E-state index contributed by atoms with van der Waals surface area (Å²) in [4.78, 5) is 25.1. The number of hydrogen-bond acceptors (Lipinski definition) is 7. The number of aliphatic hydroxyl groups is 1. The van der Waals surface area contributed by atoms with Crippen LogP contribution in [0.4, 0.5) is 0 Å². The number of carbonyl (C=O) groups is 2. The van der Waals surface area contributed by atoms with Crippen molar-refractivity contribution in [3.63, 3.8) is 0 Å². The largest absolute Gasteiger partial charge is 0.461 e. The number of ether oxygens (including phenoxy) is 3. The van der Waals surface area contributed by atoms with E-state index in [9.17, 15) is 14.7 Å². The Kier molecular flexibility index (Phi) is 7.78. The van der Waals surface area contributed by atoms with Crippen LogP contribution in [0.1, 0.15) is 26.3 Å². The van der Waals surface area contributed by atoms with Gasteiger partial charge < -0.3 is 19.3 Å². The van der Waals surface area contributed by atoms with Gasteiger partial charge in [-0.05, 0) is 29.8 Å². The molecule has 0 aliphatic carbocycles. The van der Waals surface area contributed by atoms with Gasteiger partial charge in [0.25, 0.3) is 0 Å². The molecule has 0 amide bonds. The third kappa shape index (κ3) is 6.01. The summed E-state index contributed by atoms with van der Waals surface area (Å²) in [6.45, 7) is 0.215. The van der Waals surface area contributed by atoms with E-state index in [1.165, 1.54) is 11.8 Å². The minimum Gasteiger partial charge on any atom is -0.461 e. The van der Waals surface area contributed by atoms with Gasteiger partial charge in [-0.25, -0.2) is 9.59 Å². The molecule has 3 aromatic carbocycles. The lowest BCUT2D eigenvalue weighted by atomic mass is 10.1. The van der Waals surface area contributed by atoms with Gasteiger partial charge in [0, 0.05) is 0 Å². The highest BCUT2D eigenvalue weighted by Crippen LogP contribution is 2.38. The third-order valence-electron chi connectivity index (χ3n) is 5.21. The van der Waals surface area contributed by atoms with Gasteiger partial charge in [0.05, 0.1) is 23.0 Å². The molecule has 1 aliphatic heterocycles. The molecule has 1 aliphatic rings. The second-order valence-corrected chi connectivity index (χ2v) is 8.89. The van der Waals surface area contributed by atoms with Crippen LogP contribution in [-0.4, -0.2) is 46.5 Å². The first kappa shape index (κ1) is 23.0. The van der Waals surface area contributed by atoms with Gasteiger partial charge in [-0.2, -0.15) is 0 Å². The molecule has 33 heavy (non-hydrogen) atoms. The Morgan fingerprint density at radius 1 is 0.758 bits per heavy atom. The van der Waals surface area contributed by atoms with Crippen molar-refractivity contribution >= 4 is 23.7 Å². The minimum atomic E-state index is -0.942. The van der Waals surface area contributed by atoms with E-state index in [-0.39, 0.29) is 13.2 Å². The van der Waals surface area contributed by atoms with E-state index >= 15 is 0 Å². The van der Waals surface area contributed by atoms with Crippen molar-refractivity contribution in [2.75, 3.05) is 6.61 Å². The molecule has 0 radical (unpaired) electrons. The van der Waals surface area contributed by atoms with Crippen molar-refractivity contribution in [3.8, 4) is 0 Å². The zero-order valence-corrected chi connectivity index (χ0v) is 18.6. The highest BCUT2D eigenvalue weighted by atomic mass is 32.2. The number of benzene rings is 3. The summed E-state index contributed by atoms with van der Waals surface area (Å²) in [6, 6.07) is 26.8. The van der Waals surface area contributed by atoms with Crippen LogP contribution >= 0.6 is 11.8 Å². The maximum atomic E-state index is 12.8. The van der Waals surface area contributed by atoms with Crippen LogP contribution in [-0.2, 0) is 20.8 Å². The maximum Gasteiger partial charge on any atom is 0.338 e. The first-order valence-electron chi connectivity index (χ1n) is 10.6. The summed E-state index contributed by atoms with van der Waals surface area (Å²) in [5.41, 5.74) is 0.811. The maximum absolute atomic E-state index is 12.8. The molecular weight excluding hydrogens is 440 g/mol. The highest BCUT2D eigenvalue weighted by Gasteiger charge is 2.47. The number of carbonyl (C=O) groups excluding carboxylic acids is 2. The number of rotatable bonds is 8. The van der Waals surface area contributed by atoms with E-state index in [1.54, 1.807) is 48.5 Å².